The molecule has 9 heavy (non-hydrogen) atoms. The summed E-state index contributed by atoms with van der Waals surface area (Å²) in [6.07, 6.45) is 0.852. The molecule has 0 saturated heterocycles. The number of hydrogen-bond donors (Lipinski definition) is 1. The molecule has 1 aliphatic heterocycles. The summed E-state index contributed by atoms with van der Waals surface area (Å²) in [5.41, 5.74) is 4.97. The van der Waals surface area contributed by atoms with Crippen LogP contribution in [-0.4, -0.2) is 23.9 Å². The van der Waals surface area contributed by atoms with Gasteiger partial charge in [-0.3, -0.25) is 9.59 Å². The van der Waals surface area contributed by atoms with E-state index in [1.807, 2.05) is 0 Å². The third kappa shape index (κ3) is 0.987. The quantitative estimate of drug-likeness (QED) is 0.399. The second-order valence-electron chi connectivity index (χ2n) is 1.40. The van der Waals surface area contributed by atoms with Crippen LogP contribution >= 0.6 is 0 Å². The topological polar surface area (TPSA) is 84.9 Å². The van der Waals surface area contributed by atoms with Crippen molar-refractivity contribution < 1.29 is 9.59 Å². The summed E-state index contributed by atoms with van der Waals surface area (Å²) in [6.45, 7) is 0. The van der Waals surface area contributed by atoms with Crippen molar-refractivity contribution in [2.75, 3.05) is 0 Å². The van der Waals surface area contributed by atoms with Crippen LogP contribution in [0.15, 0.2) is 9.98 Å². The summed E-state index contributed by atoms with van der Waals surface area (Å²) in [4.78, 5) is 26.9. The van der Waals surface area contributed by atoms with Gasteiger partial charge in [-0.2, -0.15) is 4.99 Å². The molecule has 0 saturated carbocycles. The first kappa shape index (κ1) is 5.61. The minimum atomic E-state index is -0.859. The zero-order valence-electron chi connectivity index (χ0n) is 4.37. The van der Waals surface area contributed by atoms with E-state index in [1.54, 1.807) is 0 Å². The van der Waals surface area contributed by atoms with Gasteiger partial charge in [-0.05, 0) is 0 Å². The summed E-state index contributed by atoms with van der Waals surface area (Å²) in [5, 5.41) is 0. The Morgan fingerprint density at radius 1 is 1.44 bits per heavy atom. The molecule has 0 aromatic carbocycles. The number of carbonyl (C=O) groups excluding carboxylic acids is 2. The van der Waals surface area contributed by atoms with Gasteiger partial charge in [-0.25, -0.2) is 4.99 Å². The summed E-state index contributed by atoms with van der Waals surface area (Å²) >= 11 is 0. The molecule has 1 aliphatic rings. The Kier molecular flexibility index (Phi) is 1.11. The number of rotatable bonds is 0. The highest BCUT2D eigenvalue weighted by Gasteiger charge is 2.13. The number of Topliss-reactive ketones (excluding diaryl/α,β-unsaturated/α-hetero) is 1. The van der Waals surface area contributed by atoms with Crippen LogP contribution in [0.25, 0.3) is 0 Å². The zero-order chi connectivity index (χ0) is 6.85. The van der Waals surface area contributed by atoms with E-state index in [9.17, 15) is 9.59 Å². The molecule has 0 fully saturated rings. The lowest BCUT2D eigenvalue weighted by molar-refractivity contribution is -0.131. The summed E-state index contributed by atoms with van der Waals surface area (Å²) in [6, 6.07) is 0. The minimum Gasteiger partial charge on any atom is -0.368 e. The fourth-order valence-corrected chi connectivity index (χ4v) is 0.368. The van der Waals surface area contributed by atoms with Gasteiger partial charge in [0.25, 0.3) is 5.78 Å². The number of ketones is 1. The molecular formula is C4H3N3O2. The highest BCUT2D eigenvalue weighted by Crippen LogP contribution is 1.85. The number of nitrogens with zero attached hydrogens (tertiary/aromatic N) is 2. The van der Waals surface area contributed by atoms with Gasteiger partial charge < -0.3 is 5.73 Å². The molecule has 0 radical (unpaired) electrons. The van der Waals surface area contributed by atoms with Gasteiger partial charge in [0.15, 0.2) is 0 Å². The van der Waals surface area contributed by atoms with Crippen LogP contribution < -0.4 is 5.73 Å². The Morgan fingerprint density at radius 2 is 2.11 bits per heavy atom. The number of aliphatic imine (C=N–C) groups is 2. The number of nitrogens with two attached hydrogens (primary N) is 1. The molecule has 2 N–H and O–H groups in total. The lowest BCUT2D eigenvalue weighted by atomic mass is 10.4. The number of amides is 1. The van der Waals surface area contributed by atoms with Crippen molar-refractivity contribution in [1.29, 1.82) is 0 Å². The molecule has 0 aromatic rings. The van der Waals surface area contributed by atoms with Gasteiger partial charge in [-0.1, -0.05) is 0 Å². The SMILES string of the molecule is NC1=NC(=O)C(=O)C=N1. The monoisotopic (exact) mass is 125 g/mol. The molecule has 5 heteroatoms. The van der Waals surface area contributed by atoms with Gasteiger partial charge in [0.2, 0.25) is 5.96 Å². The lowest BCUT2D eigenvalue weighted by Gasteiger charge is -1.94. The summed E-state index contributed by atoms with van der Waals surface area (Å²) in [7, 11) is 0. The average Bonchev–Trinajstić information content (AvgIpc) is 1.80. The predicted octanol–water partition coefficient (Wildman–Crippen LogP) is -1.52. The maximum absolute atomic E-state index is 10.3. The number of guanidine groups is 1. The first-order chi connectivity index (χ1) is 4.20. The van der Waals surface area contributed by atoms with E-state index in [0.717, 1.165) is 6.21 Å². The van der Waals surface area contributed by atoms with Crippen LogP contribution in [0.2, 0.25) is 0 Å². The largest absolute Gasteiger partial charge is 0.368 e. The Morgan fingerprint density at radius 3 is 2.56 bits per heavy atom. The lowest BCUT2D eigenvalue weighted by Crippen LogP contribution is -2.23. The molecule has 0 aromatic heterocycles. The molecule has 5 nitrogen and oxygen atoms in total. The van der Waals surface area contributed by atoms with Gasteiger partial charge in [0.1, 0.15) is 0 Å². The fraction of sp³-hybridized carbons (Fsp3) is 0. The van der Waals surface area contributed by atoms with Crippen molar-refractivity contribution in [3.8, 4) is 0 Å². The van der Waals surface area contributed by atoms with Gasteiger partial charge in [-0.15, -0.1) is 0 Å². The third-order valence-electron chi connectivity index (χ3n) is 0.741. The minimum absolute atomic E-state index is 0.167. The van der Waals surface area contributed by atoms with E-state index in [2.05, 4.69) is 9.98 Å². The van der Waals surface area contributed by atoms with E-state index < -0.39 is 11.7 Å². The molecule has 0 atom stereocenters. The van der Waals surface area contributed by atoms with Gasteiger partial charge in [0.05, 0.1) is 6.21 Å². The van der Waals surface area contributed by atoms with E-state index in [4.69, 9.17) is 5.73 Å². The molecule has 1 amide bonds. The molecule has 1 heterocycles. The third-order valence-corrected chi connectivity index (χ3v) is 0.741. The molecule has 46 valence electrons. The van der Waals surface area contributed by atoms with Crippen LogP contribution in [0.4, 0.5) is 0 Å². The smallest absolute Gasteiger partial charge is 0.322 e. The van der Waals surface area contributed by atoms with Crippen LogP contribution in [0.1, 0.15) is 0 Å². The Labute approximate surface area is 50.3 Å². The van der Waals surface area contributed by atoms with Crippen LogP contribution in [0, 0.1) is 0 Å². The second kappa shape index (κ2) is 1.77. The van der Waals surface area contributed by atoms with Crippen molar-refractivity contribution in [3.05, 3.63) is 0 Å². The predicted molar refractivity (Wildman–Crippen MR) is 30.1 cm³/mol. The maximum Gasteiger partial charge on any atom is 0.322 e. The molecule has 0 spiro atoms. The second-order valence-corrected chi connectivity index (χ2v) is 1.40. The highest BCUT2D eigenvalue weighted by molar-refractivity contribution is 6.61. The van der Waals surface area contributed by atoms with E-state index in [1.165, 1.54) is 0 Å². The van der Waals surface area contributed by atoms with Gasteiger partial charge in [0, 0.05) is 0 Å². The number of carbonyl (C=O) groups is 2. The van der Waals surface area contributed by atoms with Crippen LogP contribution in [0.5, 0.6) is 0 Å². The average molecular weight is 125 g/mol. The molecule has 0 aliphatic carbocycles. The maximum atomic E-state index is 10.3. The Balaban J connectivity index is 2.95. The van der Waals surface area contributed by atoms with Crippen molar-refractivity contribution in [1.82, 2.24) is 0 Å². The Bertz CT molecular complexity index is 228. The number of hydrogen-bond acceptors (Lipinski definition) is 4. The van der Waals surface area contributed by atoms with Crippen LogP contribution in [-0.2, 0) is 9.59 Å². The van der Waals surface area contributed by atoms with Crippen LogP contribution in [0.3, 0.4) is 0 Å². The molecule has 0 bridgehead atoms. The molecule has 0 unspecified atom stereocenters. The van der Waals surface area contributed by atoms with Crippen molar-refractivity contribution in [2.24, 2.45) is 15.7 Å². The van der Waals surface area contributed by atoms with Crippen molar-refractivity contribution in [2.45, 2.75) is 0 Å². The Hall–Kier alpha value is -1.52. The highest BCUT2D eigenvalue weighted by atomic mass is 16.2. The molecule has 1 rings (SSSR count). The summed E-state index contributed by atoms with van der Waals surface area (Å²) < 4.78 is 0. The molecular weight excluding hydrogens is 122 g/mol. The van der Waals surface area contributed by atoms with E-state index in [-0.39, 0.29) is 5.96 Å². The van der Waals surface area contributed by atoms with Gasteiger partial charge >= 0.3 is 5.91 Å². The standard InChI is InChI=1S/C4H3N3O2/c5-4-6-1-2(8)3(9)7-4/h1H,(H2,5,7,9). The zero-order valence-corrected chi connectivity index (χ0v) is 4.37. The normalized spacial score (nSPS) is 18.0. The van der Waals surface area contributed by atoms with E-state index in [0.29, 0.717) is 0 Å². The first-order valence-corrected chi connectivity index (χ1v) is 2.16. The van der Waals surface area contributed by atoms with Crippen molar-refractivity contribution >= 4 is 23.9 Å². The van der Waals surface area contributed by atoms with Crippen molar-refractivity contribution in [3.63, 3.8) is 0 Å². The fourth-order valence-electron chi connectivity index (χ4n) is 0.368. The first-order valence-electron chi connectivity index (χ1n) is 2.16. The summed E-state index contributed by atoms with van der Waals surface area (Å²) in [5.74, 6) is -1.76. The van der Waals surface area contributed by atoms with E-state index >= 15 is 0 Å².